The van der Waals surface area contributed by atoms with E-state index in [1.165, 1.54) is 12.4 Å². The average Bonchev–Trinajstić information content (AvgIpc) is 3.13. The lowest BCUT2D eigenvalue weighted by molar-refractivity contribution is 0.295. The van der Waals surface area contributed by atoms with Crippen LogP contribution in [0.5, 0.6) is 0 Å². The fourth-order valence-electron chi connectivity index (χ4n) is 5.23. The van der Waals surface area contributed by atoms with Crippen molar-refractivity contribution in [3.63, 3.8) is 0 Å². The Balaban J connectivity index is 1.59. The zero-order valence-electron chi connectivity index (χ0n) is 17.1. The van der Waals surface area contributed by atoms with Gasteiger partial charge in [0.25, 0.3) is 0 Å². The van der Waals surface area contributed by atoms with E-state index in [9.17, 15) is 4.39 Å². The molecule has 0 radical (unpaired) electrons. The van der Waals surface area contributed by atoms with Gasteiger partial charge in [-0.05, 0) is 24.3 Å². The summed E-state index contributed by atoms with van der Waals surface area (Å²) in [6, 6.07) is 8.63. The Morgan fingerprint density at radius 3 is 2.91 bits per heavy atom. The molecule has 2 unspecified atom stereocenters. The standard InChI is InChI=1S/C25H19F2N5/c1-2-16-19(26)7-6-14-4-3-5-17(20(14)16)22-21(27)23-18(11-29-22)24(31-13-30-23)25-9-8-15(32-25)10-28-12-25/h1,3-7,11,13,15,28,32H,8-10,12H2. The number of nitrogens with one attached hydrogen (secondary N) is 2. The minimum Gasteiger partial charge on any atom is -0.313 e. The molecule has 0 aliphatic carbocycles. The third-order valence-electron chi connectivity index (χ3n) is 6.69. The molecule has 2 aromatic heterocycles. The van der Waals surface area contributed by atoms with E-state index in [4.69, 9.17) is 6.42 Å². The summed E-state index contributed by atoms with van der Waals surface area (Å²) >= 11 is 0. The molecule has 2 saturated heterocycles. The van der Waals surface area contributed by atoms with Gasteiger partial charge in [0.2, 0.25) is 0 Å². The average molecular weight is 427 g/mol. The number of benzene rings is 2. The zero-order valence-corrected chi connectivity index (χ0v) is 17.1. The second-order valence-corrected chi connectivity index (χ2v) is 8.47. The van der Waals surface area contributed by atoms with Crippen LogP contribution in [0.1, 0.15) is 24.1 Å². The van der Waals surface area contributed by atoms with Crippen molar-refractivity contribution in [2.75, 3.05) is 13.1 Å². The molecule has 2 fully saturated rings. The van der Waals surface area contributed by atoms with Crippen molar-refractivity contribution in [3.05, 3.63) is 65.7 Å². The van der Waals surface area contributed by atoms with Crippen LogP contribution in [0, 0.1) is 24.0 Å². The number of terminal acetylenes is 1. The molecule has 0 saturated carbocycles. The molecule has 4 heterocycles. The highest BCUT2D eigenvalue weighted by Gasteiger charge is 2.45. The van der Waals surface area contributed by atoms with Gasteiger partial charge in [0.15, 0.2) is 5.82 Å². The lowest BCUT2D eigenvalue weighted by Crippen LogP contribution is -2.56. The quantitative estimate of drug-likeness (QED) is 0.478. The predicted octanol–water partition coefficient (Wildman–Crippen LogP) is 3.66. The number of hydrogen-bond donors (Lipinski definition) is 2. The van der Waals surface area contributed by atoms with Crippen LogP contribution >= 0.6 is 0 Å². The topological polar surface area (TPSA) is 62.7 Å². The van der Waals surface area contributed by atoms with Gasteiger partial charge in [-0.25, -0.2) is 18.7 Å². The van der Waals surface area contributed by atoms with Crippen molar-refractivity contribution in [1.82, 2.24) is 25.6 Å². The Kier molecular flexibility index (Phi) is 4.22. The number of fused-ring (bicyclic) bond motifs is 4. The van der Waals surface area contributed by atoms with Crippen molar-refractivity contribution in [2.24, 2.45) is 0 Å². The first-order chi connectivity index (χ1) is 15.6. The van der Waals surface area contributed by atoms with Crippen LogP contribution in [-0.2, 0) is 5.54 Å². The Hall–Kier alpha value is -3.47. The highest BCUT2D eigenvalue weighted by atomic mass is 19.1. The highest BCUT2D eigenvalue weighted by molar-refractivity contribution is 6.01. The van der Waals surface area contributed by atoms with E-state index in [0.29, 0.717) is 28.9 Å². The maximum Gasteiger partial charge on any atom is 0.175 e. The van der Waals surface area contributed by atoms with E-state index in [2.05, 4.69) is 31.5 Å². The number of hydrogen-bond acceptors (Lipinski definition) is 5. The van der Waals surface area contributed by atoms with Crippen LogP contribution in [0.3, 0.4) is 0 Å². The first kappa shape index (κ1) is 19.2. The van der Waals surface area contributed by atoms with Gasteiger partial charge < -0.3 is 10.6 Å². The minimum absolute atomic E-state index is 0.0892. The van der Waals surface area contributed by atoms with Gasteiger partial charge in [0.1, 0.15) is 23.4 Å². The maximum absolute atomic E-state index is 15.9. The molecule has 6 rings (SSSR count). The lowest BCUT2D eigenvalue weighted by Gasteiger charge is -2.35. The summed E-state index contributed by atoms with van der Waals surface area (Å²) in [7, 11) is 0. The Labute approximate surface area is 183 Å². The maximum atomic E-state index is 15.9. The second-order valence-electron chi connectivity index (χ2n) is 8.47. The molecule has 2 bridgehead atoms. The molecular formula is C25H19F2N5. The number of nitrogens with zero attached hydrogens (tertiary/aromatic N) is 3. The molecule has 32 heavy (non-hydrogen) atoms. The Morgan fingerprint density at radius 1 is 1.12 bits per heavy atom. The molecule has 5 nitrogen and oxygen atoms in total. The van der Waals surface area contributed by atoms with Crippen LogP contribution in [0.25, 0.3) is 32.9 Å². The molecule has 2 N–H and O–H groups in total. The normalized spacial score (nSPS) is 22.3. The van der Waals surface area contributed by atoms with Gasteiger partial charge in [-0.3, -0.25) is 4.98 Å². The van der Waals surface area contributed by atoms with Gasteiger partial charge >= 0.3 is 0 Å². The summed E-state index contributed by atoms with van der Waals surface area (Å²) in [5.74, 6) is 1.32. The molecule has 2 aromatic carbocycles. The molecule has 2 atom stereocenters. The molecule has 0 spiro atoms. The summed E-state index contributed by atoms with van der Waals surface area (Å²) in [6.45, 7) is 1.63. The van der Waals surface area contributed by atoms with Crippen LogP contribution in [0.2, 0.25) is 0 Å². The number of pyridine rings is 1. The van der Waals surface area contributed by atoms with Gasteiger partial charge in [-0.1, -0.05) is 30.2 Å². The number of halogens is 2. The summed E-state index contributed by atoms with van der Waals surface area (Å²) < 4.78 is 30.3. The third-order valence-corrected chi connectivity index (χ3v) is 6.69. The third kappa shape index (κ3) is 2.67. The highest BCUT2D eigenvalue weighted by Crippen LogP contribution is 2.39. The van der Waals surface area contributed by atoms with Crippen molar-refractivity contribution in [1.29, 1.82) is 0 Å². The van der Waals surface area contributed by atoms with E-state index < -0.39 is 11.6 Å². The lowest BCUT2D eigenvalue weighted by atomic mass is 9.90. The van der Waals surface area contributed by atoms with Gasteiger partial charge in [0, 0.05) is 41.7 Å². The van der Waals surface area contributed by atoms with Gasteiger partial charge in [-0.15, -0.1) is 6.42 Å². The molecule has 0 amide bonds. The zero-order chi connectivity index (χ0) is 21.9. The largest absolute Gasteiger partial charge is 0.313 e. The van der Waals surface area contributed by atoms with E-state index in [1.54, 1.807) is 24.4 Å². The first-order valence-electron chi connectivity index (χ1n) is 10.6. The Morgan fingerprint density at radius 2 is 2.03 bits per heavy atom. The number of rotatable bonds is 2. The molecule has 4 aromatic rings. The van der Waals surface area contributed by atoms with Crippen LogP contribution in [-0.4, -0.2) is 34.1 Å². The smallest absolute Gasteiger partial charge is 0.175 e. The number of piperazine rings is 1. The SMILES string of the molecule is C#Cc1c(F)ccc2cccc(-c3ncc4c(C56CCC(CNC5)N6)ncnc4c3F)c12. The van der Waals surface area contributed by atoms with E-state index in [0.717, 1.165) is 30.5 Å². The second kappa shape index (κ2) is 7.02. The van der Waals surface area contributed by atoms with E-state index in [1.807, 2.05) is 6.07 Å². The fourth-order valence-corrected chi connectivity index (χ4v) is 5.23. The molecular weight excluding hydrogens is 408 g/mol. The summed E-state index contributed by atoms with van der Waals surface area (Å²) in [5.41, 5.74) is 1.21. The molecule has 2 aliphatic rings. The van der Waals surface area contributed by atoms with E-state index >= 15 is 4.39 Å². The minimum atomic E-state index is -0.569. The van der Waals surface area contributed by atoms with Crippen molar-refractivity contribution in [3.8, 4) is 23.6 Å². The summed E-state index contributed by atoms with van der Waals surface area (Å²) in [5, 5.41) is 8.86. The van der Waals surface area contributed by atoms with Gasteiger partial charge in [-0.2, -0.15) is 0 Å². The monoisotopic (exact) mass is 427 g/mol. The van der Waals surface area contributed by atoms with Crippen molar-refractivity contribution in [2.45, 2.75) is 24.4 Å². The summed E-state index contributed by atoms with van der Waals surface area (Å²) in [4.78, 5) is 13.3. The fraction of sp³-hybridized carbons (Fsp3) is 0.240. The predicted molar refractivity (Wildman–Crippen MR) is 119 cm³/mol. The van der Waals surface area contributed by atoms with Crippen LogP contribution in [0.4, 0.5) is 8.78 Å². The van der Waals surface area contributed by atoms with Crippen LogP contribution < -0.4 is 10.6 Å². The van der Waals surface area contributed by atoms with Gasteiger partial charge in [0.05, 0.1) is 16.8 Å². The van der Waals surface area contributed by atoms with E-state index in [-0.39, 0.29) is 22.3 Å². The first-order valence-corrected chi connectivity index (χ1v) is 10.6. The molecule has 7 heteroatoms. The van der Waals surface area contributed by atoms with Crippen molar-refractivity contribution < 1.29 is 8.78 Å². The van der Waals surface area contributed by atoms with Crippen molar-refractivity contribution >= 4 is 21.7 Å². The molecule has 2 aliphatic heterocycles. The molecule has 158 valence electrons. The summed E-state index contributed by atoms with van der Waals surface area (Å²) in [6.07, 6.45) is 10.6. The Bertz CT molecular complexity index is 1440. The van der Waals surface area contributed by atoms with Crippen LogP contribution in [0.15, 0.2) is 42.9 Å². The number of aromatic nitrogens is 3.